The molecule has 0 bridgehead atoms. The highest BCUT2D eigenvalue weighted by atomic mass is 32.2. The van der Waals surface area contributed by atoms with Gasteiger partial charge in [-0.25, -0.2) is 17.2 Å². The second-order valence-electron chi connectivity index (χ2n) is 4.38. The summed E-state index contributed by atoms with van der Waals surface area (Å²) >= 11 is 1.01. The first-order valence-corrected chi connectivity index (χ1v) is 8.10. The number of thiophene rings is 1. The van der Waals surface area contributed by atoms with Crippen LogP contribution in [0.3, 0.4) is 0 Å². The number of sulfonamides is 1. The Morgan fingerprint density at radius 1 is 1.55 bits per heavy atom. The Morgan fingerprint density at radius 3 is 2.80 bits per heavy atom. The maximum absolute atomic E-state index is 13.7. The van der Waals surface area contributed by atoms with Gasteiger partial charge in [-0.3, -0.25) is 4.79 Å². The van der Waals surface area contributed by atoms with Gasteiger partial charge in [0.25, 0.3) is 15.9 Å². The van der Waals surface area contributed by atoms with Gasteiger partial charge in [0.1, 0.15) is 10.1 Å². The standard InChI is InChI=1S/C11H13F2NO4S2/c1-18-10(15)8-7-14(5-4-11(8,12)13)20(16,17)9-3-2-6-19-9/h2-3,6,8H,4-5,7H2,1H3. The fourth-order valence-electron chi connectivity index (χ4n) is 2.02. The number of methoxy groups -OCH3 is 1. The molecule has 1 saturated heterocycles. The van der Waals surface area contributed by atoms with Crippen molar-refractivity contribution >= 4 is 27.3 Å². The SMILES string of the molecule is COC(=O)C1CN(S(=O)(=O)c2cccs2)CCC1(F)F. The molecule has 1 aromatic heterocycles. The molecule has 1 aromatic rings. The maximum atomic E-state index is 13.7. The molecule has 0 N–H and O–H groups in total. The number of carbonyl (C=O) groups is 1. The average molecular weight is 325 g/mol. The predicted molar refractivity (Wildman–Crippen MR) is 68.1 cm³/mol. The lowest BCUT2D eigenvalue weighted by Crippen LogP contribution is -2.52. The van der Waals surface area contributed by atoms with E-state index in [1.165, 1.54) is 6.07 Å². The highest BCUT2D eigenvalue weighted by Gasteiger charge is 2.51. The molecule has 0 amide bonds. The predicted octanol–water partition coefficient (Wildman–Crippen LogP) is 1.57. The van der Waals surface area contributed by atoms with Crippen molar-refractivity contribution in [1.82, 2.24) is 4.31 Å². The largest absolute Gasteiger partial charge is 0.469 e. The van der Waals surface area contributed by atoms with E-state index in [-0.39, 0.29) is 10.8 Å². The first-order chi connectivity index (χ1) is 9.29. The summed E-state index contributed by atoms with van der Waals surface area (Å²) in [7, 11) is -2.83. The van der Waals surface area contributed by atoms with Gasteiger partial charge in [0.15, 0.2) is 0 Å². The Bertz CT molecular complexity index is 586. The number of piperidine rings is 1. The van der Waals surface area contributed by atoms with E-state index in [1.54, 1.807) is 11.4 Å². The van der Waals surface area contributed by atoms with Crippen molar-refractivity contribution in [2.45, 2.75) is 16.6 Å². The minimum absolute atomic E-state index is 0.0753. The second kappa shape index (κ2) is 5.38. The molecule has 1 fully saturated rings. The van der Waals surface area contributed by atoms with E-state index in [0.29, 0.717) is 0 Å². The monoisotopic (exact) mass is 325 g/mol. The first kappa shape index (κ1) is 15.3. The Morgan fingerprint density at radius 2 is 2.25 bits per heavy atom. The van der Waals surface area contributed by atoms with Crippen LogP contribution in [0.15, 0.2) is 21.7 Å². The van der Waals surface area contributed by atoms with Crippen LogP contribution in [0.1, 0.15) is 6.42 Å². The molecule has 1 unspecified atom stereocenters. The number of ether oxygens (including phenoxy) is 1. The van der Waals surface area contributed by atoms with E-state index in [9.17, 15) is 22.0 Å². The van der Waals surface area contributed by atoms with Crippen LogP contribution in [0.5, 0.6) is 0 Å². The average Bonchev–Trinajstić information content (AvgIpc) is 2.91. The van der Waals surface area contributed by atoms with E-state index in [0.717, 1.165) is 22.8 Å². The van der Waals surface area contributed by atoms with Gasteiger partial charge in [-0.2, -0.15) is 4.31 Å². The first-order valence-electron chi connectivity index (χ1n) is 5.78. The Balaban J connectivity index is 2.26. The summed E-state index contributed by atoms with van der Waals surface area (Å²) in [5, 5.41) is 1.59. The Hall–Kier alpha value is -1.06. The number of rotatable bonds is 3. The summed E-state index contributed by atoms with van der Waals surface area (Å²) in [5.41, 5.74) is 0. The zero-order chi connectivity index (χ0) is 15.0. The van der Waals surface area contributed by atoms with Crippen LogP contribution >= 0.6 is 11.3 Å². The highest BCUT2D eigenvalue weighted by Crippen LogP contribution is 2.36. The highest BCUT2D eigenvalue weighted by molar-refractivity contribution is 7.91. The molecule has 1 aliphatic heterocycles. The van der Waals surface area contributed by atoms with Gasteiger partial charge in [0.2, 0.25) is 0 Å². The van der Waals surface area contributed by atoms with Gasteiger partial charge in [-0.15, -0.1) is 11.3 Å². The van der Waals surface area contributed by atoms with E-state index in [4.69, 9.17) is 0 Å². The molecular formula is C11H13F2NO4S2. The normalized spacial score (nSPS) is 23.4. The number of alkyl halides is 2. The molecule has 0 saturated carbocycles. The maximum Gasteiger partial charge on any atom is 0.316 e. The molecular weight excluding hydrogens is 312 g/mol. The zero-order valence-corrected chi connectivity index (χ0v) is 12.2. The molecule has 0 radical (unpaired) electrons. The van der Waals surface area contributed by atoms with E-state index < -0.39 is 40.8 Å². The topological polar surface area (TPSA) is 63.7 Å². The summed E-state index contributed by atoms with van der Waals surface area (Å²) in [6.45, 7) is -0.888. The Kier molecular flexibility index (Phi) is 4.12. The van der Waals surface area contributed by atoms with Crippen LogP contribution < -0.4 is 0 Å². The summed E-state index contributed by atoms with van der Waals surface area (Å²) in [5.74, 6) is -6.12. The van der Waals surface area contributed by atoms with E-state index >= 15 is 0 Å². The third kappa shape index (κ3) is 2.70. The van der Waals surface area contributed by atoms with E-state index in [2.05, 4.69) is 4.74 Å². The van der Waals surface area contributed by atoms with Gasteiger partial charge in [-0.1, -0.05) is 6.07 Å². The van der Waals surface area contributed by atoms with Crippen molar-refractivity contribution in [3.05, 3.63) is 17.5 Å². The number of carbonyl (C=O) groups excluding carboxylic acids is 1. The Labute approximate surface area is 119 Å². The van der Waals surface area contributed by atoms with Crippen molar-refractivity contribution < 1.29 is 26.7 Å². The molecule has 112 valence electrons. The van der Waals surface area contributed by atoms with Crippen LogP contribution in [0, 0.1) is 5.92 Å². The van der Waals surface area contributed by atoms with Crippen molar-refractivity contribution in [1.29, 1.82) is 0 Å². The van der Waals surface area contributed by atoms with Gasteiger partial charge in [-0.05, 0) is 11.4 Å². The lowest BCUT2D eigenvalue weighted by atomic mass is 9.95. The minimum atomic E-state index is -3.83. The fourth-order valence-corrected chi connectivity index (χ4v) is 4.62. The van der Waals surface area contributed by atoms with Crippen LogP contribution in [-0.4, -0.2) is 44.8 Å². The molecule has 1 aliphatic rings. The molecule has 0 aromatic carbocycles. The van der Waals surface area contributed by atoms with Crippen molar-refractivity contribution in [3.63, 3.8) is 0 Å². The number of halogens is 2. The van der Waals surface area contributed by atoms with Crippen LogP contribution in [-0.2, 0) is 19.6 Å². The number of hydrogen-bond acceptors (Lipinski definition) is 5. The molecule has 1 atom stereocenters. The number of esters is 1. The molecule has 0 aliphatic carbocycles. The second-order valence-corrected chi connectivity index (χ2v) is 7.49. The third-order valence-electron chi connectivity index (χ3n) is 3.17. The fraction of sp³-hybridized carbons (Fsp3) is 0.545. The zero-order valence-electron chi connectivity index (χ0n) is 10.6. The lowest BCUT2D eigenvalue weighted by molar-refractivity contribution is -0.166. The van der Waals surface area contributed by atoms with Crippen molar-refractivity contribution in [2.75, 3.05) is 20.2 Å². The van der Waals surface area contributed by atoms with Crippen LogP contribution in [0.2, 0.25) is 0 Å². The van der Waals surface area contributed by atoms with E-state index in [1.807, 2.05) is 0 Å². The third-order valence-corrected chi connectivity index (χ3v) is 6.40. The van der Waals surface area contributed by atoms with Gasteiger partial charge in [0.05, 0.1) is 7.11 Å². The number of hydrogen-bond donors (Lipinski definition) is 0. The summed E-state index contributed by atoms with van der Waals surface area (Å²) in [6.07, 6.45) is -0.697. The van der Waals surface area contributed by atoms with Gasteiger partial charge >= 0.3 is 5.97 Å². The number of nitrogens with zero attached hydrogens (tertiary/aromatic N) is 1. The quantitative estimate of drug-likeness (QED) is 0.791. The molecule has 2 heterocycles. The molecule has 0 spiro atoms. The van der Waals surface area contributed by atoms with Crippen molar-refractivity contribution in [3.8, 4) is 0 Å². The lowest BCUT2D eigenvalue weighted by Gasteiger charge is -2.35. The minimum Gasteiger partial charge on any atom is -0.469 e. The smallest absolute Gasteiger partial charge is 0.316 e. The van der Waals surface area contributed by atoms with Gasteiger partial charge < -0.3 is 4.74 Å². The molecule has 2 rings (SSSR count). The van der Waals surface area contributed by atoms with Crippen LogP contribution in [0.25, 0.3) is 0 Å². The molecule has 20 heavy (non-hydrogen) atoms. The summed E-state index contributed by atoms with van der Waals surface area (Å²) < 4.78 is 57.2. The van der Waals surface area contributed by atoms with Crippen LogP contribution in [0.4, 0.5) is 8.78 Å². The summed E-state index contributed by atoms with van der Waals surface area (Å²) in [6, 6.07) is 2.97. The molecule has 9 heteroatoms. The van der Waals surface area contributed by atoms with Gasteiger partial charge in [0, 0.05) is 19.5 Å². The van der Waals surface area contributed by atoms with Crippen molar-refractivity contribution in [2.24, 2.45) is 5.92 Å². The molecule has 5 nitrogen and oxygen atoms in total. The summed E-state index contributed by atoms with van der Waals surface area (Å²) in [4.78, 5) is 11.4.